The molecule has 0 bridgehead atoms. The van der Waals surface area contributed by atoms with Crippen LogP contribution in [0.25, 0.3) is 0 Å². The maximum Gasteiger partial charge on any atom is 0.221 e. The summed E-state index contributed by atoms with van der Waals surface area (Å²) in [6.07, 6.45) is 4.44. The molecule has 1 saturated carbocycles. The largest absolute Gasteiger partial charge is 0.356 e. The second-order valence-corrected chi connectivity index (χ2v) is 6.30. The van der Waals surface area contributed by atoms with E-state index in [2.05, 4.69) is 24.1 Å². The Bertz CT molecular complexity index is 289. The van der Waals surface area contributed by atoms with Crippen molar-refractivity contribution in [2.24, 2.45) is 17.6 Å². The SMILES string of the molecule is CC(C)C(N)CC(=O)NCC1CCN(C2CC2)C1. The van der Waals surface area contributed by atoms with Crippen molar-refractivity contribution in [3.05, 3.63) is 0 Å². The topological polar surface area (TPSA) is 58.4 Å². The normalized spacial score (nSPS) is 26.6. The number of carbonyl (C=O) groups excluding carboxylic acids is 1. The van der Waals surface area contributed by atoms with E-state index in [1.807, 2.05) is 0 Å². The van der Waals surface area contributed by atoms with Crippen LogP contribution in [0.1, 0.15) is 39.5 Å². The Kier molecular flexibility index (Phi) is 4.62. The molecule has 2 aliphatic rings. The third-order valence-corrected chi connectivity index (χ3v) is 4.25. The van der Waals surface area contributed by atoms with Crippen molar-refractivity contribution in [1.82, 2.24) is 10.2 Å². The van der Waals surface area contributed by atoms with Gasteiger partial charge in [-0.3, -0.25) is 4.79 Å². The minimum atomic E-state index is -0.0171. The van der Waals surface area contributed by atoms with Gasteiger partial charge in [0.1, 0.15) is 0 Å². The van der Waals surface area contributed by atoms with Crippen LogP contribution in [0.3, 0.4) is 0 Å². The summed E-state index contributed by atoms with van der Waals surface area (Å²) in [4.78, 5) is 14.3. The molecule has 18 heavy (non-hydrogen) atoms. The Morgan fingerprint density at radius 1 is 1.39 bits per heavy atom. The van der Waals surface area contributed by atoms with Gasteiger partial charge in [-0.2, -0.15) is 0 Å². The fourth-order valence-corrected chi connectivity index (χ4v) is 2.58. The first kappa shape index (κ1) is 13.8. The predicted molar refractivity (Wildman–Crippen MR) is 73.1 cm³/mol. The lowest BCUT2D eigenvalue weighted by Gasteiger charge is -2.17. The van der Waals surface area contributed by atoms with E-state index in [-0.39, 0.29) is 11.9 Å². The van der Waals surface area contributed by atoms with Crippen molar-refractivity contribution in [2.75, 3.05) is 19.6 Å². The molecule has 4 nitrogen and oxygen atoms in total. The van der Waals surface area contributed by atoms with E-state index in [1.165, 1.54) is 32.4 Å². The number of carbonyl (C=O) groups is 1. The lowest BCUT2D eigenvalue weighted by molar-refractivity contribution is -0.121. The first-order chi connectivity index (χ1) is 8.56. The summed E-state index contributed by atoms with van der Waals surface area (Å²) in [5.41, 5.74) is 5.90. The molecular formula is C14H27N3O. The number of nitrogens with two attached hydrogens (primary N) is 1. The van der Waals surface area contributed by atoms with Gasteiger partial charge in [-0.05, 0) is 37.6 Å². The van der Waals surface area contributed by atoms with Gasteiger partial charge in [-0.1, -0.05) is 13.8 Å². The summed E-state index contributed by atoms with van der Waals surface area (Å²) in [6.45, 7) is 7.33. The monoisotopic (exact) mass is 253 g/mol. The molecule has 0 aromatic heterocycles. The highest BCUT2D eigenvalue weighted by Crippen LogP contribution is 2.31. The standard InChI is InChI=1S/C14H27N3O/c1-10(2)13(15)7-14(18)16-8-11-5-6-17(9-11)12-3-4-12/h10-13H,3-9,15H2,1-2H3,(H,16,18). The Hall–Kier alpha value is -0.610. The zero-order valence-corrected chi connectivity index (χ0v) is 11.7. The zero-order chi connectivity index (χ0) is 13.1. The Morgan fingerprint density at radius 3 is 2.72 bits per heavy atom. The van der Waals surface area contributed by atoms with Gasteiger partial charge in [0, 0.05) is 31.6 Å². The molecule has 0 spiro atoms. The molecule has 2 rings (SSSR count). The molecule has 1 aliphatic carbocycles. The molecule has 1 amide bonds. The second kappa shape index (κ2) is 6.02. The van der Waals surface area contributed by atoms with Crippen LogP contribution < -0.4 is 11.1 Å². The van der Waals surface area contributed by atoms with Crippen LogP contribution in [0.4, 0.5) is 0 Å². The fraction of sp³-hybridized carbons (Fsp3) is 0.929. The molecule has 0 radical (unpaired) electrons. The highest BCUT2D eigenvalue weighted by atomic mass is 16.1. The molecule has 0 aromatic carbocycles. The average molecular weight is 253 g/mol. The maximum absolute atomic E-state index is 11.7. The molecule has 1 heterocycles. The minimum absolute atomic E-state index is 0.0171. The van der Waals surface area contributed by atoms with Crippen LogP contribution in [0.15, 0.2) is 0 Å². The lowest BCUT2D eigenvalue weighted by atomic mass is 10.0. The van der Waals surface area contributed by atoms with Gasteiger partial charge >= 0.3 is 0 Å². The molecule has 4 heteroatoms. The van der Waals surface area contributed by atoms with Gasteiger partial charge in [0.15, 0.2) is 0 Å². The number of likely N-dealkylation sites (tertiary alicyclic amines) is 1. The van der Waals surface area contributed by atoms with Crippen LogP contribution >= 0.6 is 0 Å². The molecule has 2 fully saturated rings. The smallest absolute Gasteiger partial charge is 0.221 e. The summed E-state index contributed by atoms with van der Waals surface area (Å²) in [6, 6.07) is 0.844. The maximum atomic E-state index is 11.7. The van der Waals surface area contributed by atoms with Gasteiger partial charge in [0.2, 0.25) is 5.91 Å². The van der Waals surface area contributed by atoms with Crippen LogP contribution in [0, 0.1) is 11.8 Å². The van der Waals surface area contributed by atoms with E-state index >= 15 is 0 Å². The van der Waals surface area contributed by atoms with Crippen molar-refractivity contribution < 1.29 is 4.79 Å². The molecule has 3 N–H and O–H groups in total. The highest BCUT2D eigenvalue weighted by Gasteiger charge is 2.34. The van der Waals surface area contributed by atoms with Gasteiger partial charge in [-0.15, -0.1) is 0 Å². The van der Waals surface area contributed by atoms with Crippen molar-refractivity contribution in [2.45, 2.75) is 51.6 Å². The third-order valence-electron chi connectivity index (χ3n) is 4.25. The molecule has 1 aliphatic heterocycles. The Labute approximate surface area is 110 Å². The van der Waals surface area contributed by atoms with Crippen molar-refractivity contribution >= 4 is 5.91 Å². The van der Waals surface area contributed by atoms with E-state index in [0.717, 1.165) is 12.6 Å². The summed E-state index contributed by atoms with van der Waals surface area (Å²) in [5.74, 6) is 1.12. The summed E-state index contributed by atoms with van der Waals surface area (Å²) >= 11 is 0. The van der Waals surface area contributed by atoms with Crippen molar-refractivity contribution in [1.29, 1.82) is 0 Å². The quantitative estimate of drug-likeness (QED) is 0.741. The number of nitrogens with zero attached hydrogens (tertiary/aromatic N) is 1. The molecule has 2 atom stereocenters. The van der Waals surface area contributed by atoms with E-state index in [9.17, 15) is 4.79 Å². The van der Waals surface area contributed by atoms with Gasteiger partial charge < -0.3 is 16.0 Å². The van der Waals surface area contributed by atoms with Gasteiger partial charge in [-0.25, -0.2) is 0 Å². The first-order valence-corrected chi connectivity index (χ1v) is 7.32. The number of amides is 1. The van der Waals surface area contributed by atoms with Crippen LogP contribution in [0.2, 0.25) is 0 Å². The van der Waals surface area contributed by atoms with E-state index in [1.54, 1.807) is 0 Å². The number of rotatable bonds is 6. The molecule has 104 valence electrons. The van der Waals surface area contributed by atoms with E-state index in [0.29, 0.717) is 18.3 Å². The fourth-order valence-electron chi connectivity index (χ4n) is 2.58. The van der Waals surface area contributed by atoms with Gasteiger partial charge in [0.25, 0.3) is 0 Å². The second-order valence-electron chi connectivity index (χ2n) is 6.30. The zero-order valence-electron chi connectivity index (χ0n) is 11.7. The van der Waals surface area contributed by atoms with E-state index in [4.69, 9.17) is 5.73 Å². The summed E-state index contributed by atoms with van der Waals surface area (Å²) in [7, 11) is 0. The third kappa shape index (κ3) is 3.95. The van der Waals surface area contributed by atoms with Crippen molar-refractivity contribution in [3.8, 4) is 0 Å². The first-order valence-electron chi connectivity index (χ1n) is 7.32. The van der Waals surface area contributed by atoms with E-state index < -0.39 is 0 Å². The summed E-state index contributed by atoms with van der Waals surface area (Å²) in [5, 5.41) is 3.04. The van der Waals surface area contributed by atoms with Gasteiger partial charge in [0.05, 0.1) is 0 Å². The van der Waals surface area contributed by atoms with Crippen LogP contribution in [-0.4, -0.2) is 42.5 Å². The minimum Gasteiger partial charge on any atom is -0.356 e. The predicted octanol–water partition coefficient (Wildman–Crippen LogP) is 0.960. The molecule has 2 unspecified atom stereocenters. The van der Waals surface area contributed by atoms with Crippen LogP contribution in [0.5, 0.6) is 0 Å². The summed E-state index contributed by atoms with van der Waals surface area (Å²) < 4.78 is 0. The lowest BCUT2D eigenvalue weighted by Crippen LogP contribution is -2.37. The molecule has 0 aromatic rings. The Morgan fingerprint density at radius 2 is 2.11 bits per heavy atom. The highest BCUT2D eigenvalue weighted by molar-refractivity contribution is 5.76. The number of hydrogen-bond acceptors (Lipinski definition) is 3. The average Bonchev–Trinajstić information content (AvgIpc) is 3.06. The van der Waals surface area contributed by atoms with Crippen LogP contribution in [-0.2, 0) is 4.79 Å². The molecule has 1 saturated heterocycles. The number of nitrogens with one attached hydrogen (secondary N) is 1. The Balaban J connectivity index is 1.61. The van der Waals surface area contributed by atoms with Crippen molar-refractivity contribution in [3.63, 3.8) is 0 Å². The number of hydrogen-bond donors (Lipinski definition) is 2. The molecular weight excluding hydrogens is 226 g/mol.